The van der Waals surface area contributed by atoms with Gasteiger partial charge in [0.15, 0.2) is 12.3 Å². The molecule has 6 heterocycles. The van der Waals surface area contributed by atoms with Gasteiger partial charge in [-0.15, -0.1) is 0 Å². The molecule has 8 amide bonds. The Morgan fingerprint density at radius 1 is 0.594 bits per heavy atom. The van der Waals surface area contributed by atoms with Crippen molar-refractivity contribution in [3.05, 3.63) is 9.81 Å². The summed E-state index contributed by atoms with van der Waals surface area (Å²) >= 11 is 0. The van der Waals surface area contributed by atoms with E-state index in [9.17, 15) is 29.0 Å². The molecule has 0 aromatic heterocycles. The van der Waals surface area contributed by atoms with Crippen LogP contribution < -0.4 is 31.9 Å². The summed E-state index contributed by atoms with van der Waals surface area (Å²) in [7, 11) is 0. The van der Waals surface area contributed by atoms with Crippen molar-refractivity contribution in [1.29, 1.82) is 0 Å². The molecule has 0 bridgehead atoms. The number of nitrogens with zero attached hydrogens (tertiary/aromatic N) is 6. The topological polar surface area (TPSA) is 194 Å². The van der Waals surface area contributed by atoms with Crippen molar-refractivity contribution in [3.63, 3.8) is 0 Å². The number of amides is 8. The zero-order chi connectivity index (χ0) is 22.3. The number of hydrogen-bond donors (Lipinski definition) is 6. The standard InChI is InChI=1S/C14H18N12O6/c27-11-17-6-8-21(11)1-15-5(16-2-22(8)12(28)18-6)10-25(31)3-23-9-7(19-13(23)29)20-14(30)24(9)4-26(10)32/h5-10,15-16H,1-4H2,(H2-2,17,18,19,20,27,28,29,30)/p+2. The molecule has 0 atom stereocenters. The molecule has 6 fully saturated rings. The zero-order valence-electron chi connectivity index (χ0n) is 16.4. The minimum atomic E-state index is -1.42. The summed E-state index contributed by atoms with van der Waals surface area (Å²) in [5, 5.41) is 16.4. The molecule has 0 radical (unpaired) electrons. The lowest BCUT2D eigenvalue weighted by Gasteiger charge is -2.35. The van der Waals surface area contributed by atoms with E-state index in [1.807, 2.05) is 0 Å². The highest BCUT2D eigenvalue weighted by atomic mass is 16.3. The molecule has 18 heteroatoms. The van der Waals surface area contributed by atoms with Gasteiger partial charge < -0.3 is 21.3 Å². The van der Waals surface area contributed by atoms with Crippen LogP contribution in [0.3, 0.4) is 0 Å². The van der Waals surface area contributed by atoms with Crippen LogP contribution in [0.5, 0.6) is 0 Å². The number of hydrogen-bond acceptors (Lipinski definition) is 8. The van der Waals surface area contributed by atoms with E-state index in [0.29, 0.717) is 9.52 Å². The van der Waals surface area contributed by atoms with Gasteiger partial charge in [-0.05, 0) is 0 Å². The number of rotatable bonds is 1. The third kappa shape index (κ3) is 2.46. The highest BCUT2D eigenvalue weighted by Crippen LogP contribution is 2.26. The summed E-state index contributed by atoms with van der Waals surface area (Å²) < 4.78 is 0.880. The van der Waals surface area contributed by atoms with Crippen molar-refractivity contribution in [3.8, 4) is 0 Å². The Bertz CT molecular complexity index is 904. The SMILES string of the molecule is O=C1NC2NC(=O)N3CNC(C4[N+](=O)CN5C(=O)NC6NC(=O)N(C[N+]4=O)C65)NCN1C23. The Hall–Kier alpha value is -3.80. The third-order valence-corrected chi connectivity index (χ3v) is 6.47. The van der Waals surface area contributed by atoms with Crippen LogP contribution in [0.25, 0.3) is 0 Å². The van der Waals surface area contributed by atoms with Crippen LogP contribution in [0.1, 0.15) is 0 Å². The highest BCUT2D eigenvalue weighted by molar-refractivity contribution is 5.85. The molecular weight excluding hydrogens is 432 g/mol. The lowest BCUT2D eigenvalue weighted by atomic mass is 10.3. The minimum Gasteiger partial charge on any atom is -0.314 e. The van der Waals surface area contributed by atoms with Crippen molar-refractivity contribution in [1.82, 2.24) is 51.5 Å². The minimum absolute atomic E-state index is 0.0621. The monoisotopic (exact) mass is 452 g/mol. The molecule has 32 heavy (non-hydrogen) atoms. The molecule has 6 rings (SSSR count). The molecule has 0 unspecified atom stereocenters. The fourth-order valence-electron chi connectivity index (χ4n) is 5.02. The van der Waals surface area contributed by atoms with Crippen LogP contribution in [-0.2, 0) is 0 Å². The van der Waals surface area contributed by atoms with Gasteiger partial charge in [0.1, 0.15) is 12.3 Å². The summed E-state index contributed by atoms with van der Waals surface area (Å²) in [6, 6.07) is -1.91. The third-order valence-electron chi connectivity index (χ3n) is 6.47. The van der Waals surface area contributed by atoms with Crippen molar-refractivity contribution in [2.75, 3.05) is 26.7 Å². The molecule has 170 valence electrons. The van der Waals surface area contributed by atoms with E-state index in [2.05, 4.69) is 31.9 Å². The summed E-state index contributed by atoms with van der Waals surface area (Å²) in [5.41, 5.74) is 0. The smallest absolute Gasteiger partial charge is 0.314 e. The summed E-state index contributed by atoms with van der Waals surface area (Å²) in [6.45, 7) is -1.07. The van der Waals surface area contributed by atoms with Crippen LogP contribution in [0, 0.1) is 9.81 Å². The Morgan fingerprint density at radius 2 is 0.969 bits per heavy atom. The van der Waals surface area contributed by atoms with Gasteiger partial charge in [0.25, 0.3) is 13.3 Å². The van der Waals surface area contributed by atoms with Crippen LogP contribution >= 0.6 is 0 Å². The molecule has 0 aromatic rings. The van der Waals surface area contributed by atoms with Crippen molar-refractivity contribution in [2.45, 2.75) is 37.0 Å². The molecular formula is C14H20N12O6+2. The largest absolute Gasteiger partial charge is 0.462 e. The number of carbonyl (C=O) groups is 4. The van der Waals surface area contributed by atoms with Gasteiger partial charge in [-0.1, -0.05) is 0 Å². The second-order valence-corrected chi connectivity index (χ2v) is 8.19. The van der Waals surface area contributed by atoms with E-state index < -0.39 is 74.5 Å². The van der Waals surface area contributed by atoms with Crippen LogP contribution in [0.2, 0.25) is 0 Å². The lowest BCUT2D eigenvalue weighted by Crippen LogP contribution is -2.68. The van der Waals surface area contributed by atoms with Gasteiger partial charge in [0.2, 0.25) is 6.17 Å². The second-order valence-electron chi connectivity index (χ2n) is 8.19. The van der Waals surface area contributed by atoms with E-state index >= 15 is 0 Å². The predicted molar refractivity (Wildman–Crippen MR) is 97.2 cm³/mol. The lowest BCUT2D eigenvalue weighted by molar-refractivity contribution is -0.815. The van der Waals surface area contributed by atoms with E-state index in [4.69, 9.17) is 0 Å². The van der Waals surface area contributed by atoms with E-state index in [1.54, 1.807) is 0 Å². The quantitative estimate of drug-likeness (QED) is 0.215. The van der Waals surface area contributed by atoms with E-state index in [0.717, 1.165) is 0 Å². The van der Waals surface area contributed by atoms with Gasteiger partial charge in [0.05, 0.1) is 22.9 Å². The molecule has 0 saturated carbocycles. The first-order chi connectivity index (χ1) is 15.3. The molecule has 18 nitrogen and oxygen atoms in total. The summed E-state index contributed by atoms with van der Waals surface area (Å²) in [4.78, 5) is 80.5. The van der Waals surface area contributed by atoms with Crippen molar-refractivity contribution in [2.24, 2.45) is 0 Å². The van der Waals surface area contributed by atoms with Crippen molar-refractivity contribution >= 4 is 24.1 Å². The van der Waals surface area contributed by atoms with Gasteiger partial charge in [-0.3, -0.25) is 20.4 Å². The molecule has 6 aliphatic rings. The van der Waals surface area contributed by atoms with E-state index in [-0.39, 0.29) is 13.3 Å². The first kappa shape index (κ1) is 18.9. The van der Waals surface area contributed by atoms with Crippen LogP contribution in [0.15, 0.2) is 0 Å². The highest BCUT2D eigenvalue weighted by Gasteiger charge is 2.61. The molecule has 6 aliphatic heterocycles. The maximum absolute atomic E-state index is 13.1. The normalized spacial score (nSPS) is 38.4. The second kappa shape index (κ2) is 6.36. The Labute approximate surface area is 178 Å². The maximum atomic E-state index is 13.1. The number of urea groups is 4. The molecule has 0 spiro atoms. The summed E-state index contributed by atoms with van der Waals surface area (Å²) in [6.07, 6.45) is -5.09. The Morgan fingerprint density at radius 3 is 1.41 bits per heavy atom. The first-order valence-corrected chi connectivity index (χ1v) is 9.96. The Kier molecular flexibility index (Phi) is 3.76. The number of nitroso groups, excluding NO2 is 2. The molecule has 6 saturated heterocycles. The fraction of sp³-hybridized carbons (Fsp3) is 0.714. The predicted octanol–water partition coefficient (Wildman–Crippen LogP) is -4.36. The average Bonchev–Trinajstić information content (AvgIpc) is 3.35. The van der Waals surface area contributed by atoms with E-state index in [1.165, 1.54) is 19.6 Å². The van der Waals surface area contributed by atoms with Gasteiger partial charge in [0, 0.05) is 9.81 Å². The molecule has 6 N–H and O–H groups in total. The van der Waals surface area contributed by atoms with Crippen LogP contribution in [-0.4, -0.2) is 117 Å². The number of carbonyl (C=O) groups excluding carboxylic acids is 4. The zero-order valence-corrected chi connectivity index (χ0v) is 16.4. The molecule has 0 aromatic carbocycles. The summed E-state index contributed by atoms with van der Waals surface area (Å²) in [5.74, 6) is 0. The van der Waals surface area contributed by atoms with Crippen LogP contribution in [0.4, 0.5) is 19.2 Å². The molecule has 0 aliphatic carbocycles. The maximum Gasteiger partial charge on any atom is 0.462 e. The fourth-order valence-corrected chi connectivity index (χ4v) is 5.02. The van der Waals surface area contributed by atoms with Crippen molar-refractivity contribution < 1.29 is 28.7 Å². The number of nitrogens with one attached hydrogen (secondary N) is 6. The van der Waals surface area contributed by atoms with Gasteiger partial charge >= 0.3 is 30.3 Å². The Balaban J connectivity index is 1.28. The average molecular weight is 452 g/mol. The van der Waals surface area contributed by atoms with Gasteiger partial charge in [-0.2, -0.15) is 0 Å². The van der Waals surface area contributed by atoms with Gasteiger partial charge in [-0.25, -0.2) is 29.0 Å². The first-order valence-electron chi connectivity index (χ1n) is 9.96.